The fourth-order valence-corrected chi connectivity index (χ4v) is 4.29. The largest absolute Gasteiger partial charge is 0.493 e. The number of carbonyl (C=O) groups excluding carboxylic acids is 1. The molecule has 34 heavy (non-hydrogen) atoms. The van der Waals surface area contributed by atoms with Gasteiger partial charge in [-0.2, -0.15) is 0 Å². The summed E-state index contributed by atoms with van der Waals surface area (Å²) in [5, 5.41) is 0. The van der Waals surface area contributed by atoms with Crippen LogP contribution in [0.15, 0.2) is 79.1 Å². The molecule has 1 saturated heterocycles. The Balaban J connectivity index is 1.10. The van der Waals surface area contributed by atoms with Crippen LogP contribution in [0.3, 0.4) is 0 Å². The average Bonchev–Trinajstić information content (AvgIpc) is 3.29. The molecule has 0 saturated carbocycles. The molecule has 0 radical (unpaired) electrons. The van der Waals surface area contributed by atoms with Gasteiger partial charge in [-0.25, -0.2) is 4.98 Å². The predicted molar refractivity (Wildman–Crippen MR) is 131 cm³/mol. The highest BCUT2D eigenvalue weighted by Crippen LogP contribution is 2.22. The van der Waals surface area contributed by atoms with Crippen molar-refractivity contribution in [2.75, 3.05) is 19.7 Å². The van der Waals surface area contributed by atoms with Gasteiger partial charge in [0.2, 0.25) is 0 Å². The monoisotopic (exact) mass is 455 g/mol. The van der Waals surface area contributed by atoms with E-state index in [9.17, 15) is 4.79 Å². The number of fused-ring (bicyclic) bond motifs is 1. The maximum atomic E-state index is 12.9. The Morgan fingerprint density at radius 2 is 1.65 bits per heavy atom. The normalized spacial score (nSPS) is 14.3. The zero-order valence-corrected chi connectivity index (χ0v) is 19.4. The number of ether oxygens (including phenoxy) is 2. The number of carbonyl (C=O) groups is 1. The van der Waals surface area contributed by atoms with Gasteiger partial charge in [0.1, 0.15) is 23.8 Å². The molecule has 4 aromatic rings. The Hall–Kier alpha value is -3.80. The van der Waals surface area contributed by atoms with E-state index in [1.54, 1.807) is 0 Å². The smallest absolute Gasteiger partial charge is 0.253 e. The number of likely N-dealkylation sites (tertiary alicyclic amines) is 1. The second kappa shape index (κ2) is 10.00. The molecule has 6 nitrogen and oxygen atoms in total. The second-order valence-corrected chi connectivity index (χ2v) is 8.88. The van der Waals surface area contributed by atoms with Gasteiger partial charge < -0.3 is 18.8 Å². The number of pyridine rings is 1. The van der Waals surface area contributed by atoms with Gasteiger partial charge in [-0.15, -0.1) is 0 Å². The Morgan fingerprint density at radius 3 is 2.41 bits per heavy atom. The van der Waals surface area contributed by atoms with E-state index in [0.29, 0.717) is 24.7 Å². The summed E-state index contributed by atoms with van der Waals surface area (Å²) in [6.45, 7) is 4.65. The second-order valence-electron chi connectivity index (χ2n) is 8.88. The molecule has 3 heterocycles. The number of hydrogen-bond donors (Lipinski definition) is 0. The van der Waals surface area contributed by atoms with Gasteiger partial charge in [-0.05, 0) is 73.7 Å². The van der Waals surface area contributed by atoms with Crippen molar-refractivity contribution >= 4 is 11.6 Å². The van der Waals surface area contributed by atoms with E-state index in [4.69, 9.17) is 9.47 Å². The number of para-hydroxylation sites is 1. The number of aromatic nitrogens is 2. The Morgan fingerprint density at radius 1 is 0.912 bits per heavy atom. The van der Waals surface area contributed by atoms with E-state index in [-0.39, 0.29) is 5.91 Å². The fourth-order valence-electron chi connectivity index (χ4n) is 4.29. The summed E-state index contributed by atoms with van der Waals surface area (Å²) >= 11 is 0. The minimum atomic E-state index is 0.0738. The number of piperidine rings is 1. The Kier molecular flexibility index (Phi) is 6.47. The molecule has 174 valence electrons. The highest BCUT2D eigenvalue weighted by molar-refractivity contribution is 5.94. The molecule has 5 rings (SSSR count). The molecule has 0 bridgehead atoms. The summed E-state index contributed by atoms with van der Waals surface area (Å²) in [4.78, 5) is 19.5. The van der Waals surface area contributed by atoms with E-state index in [1.807, 2.05) is 88.4 Å². The third-order valence-electron chi connectivity index (χ3n) is 6.27. The van der Waals surface area contributed by atoms with E-state index >= 15 is 0 Å². The van der Waals surface area contributed by atoms with Crippen molar-refractivity contribution in [1.29, 1.82) is 0 Å². The summed E-state index contributed by atoms with van der Waals surface area (Å²) in [5.41, 5.74) is 3.64. The van der Waals surface area contributed by atoms with E-state index in [1.165, 1.54) is 5.56 Å². The lowest BCUT2D eigenvalue weighted by Crippen LogP contribution is -2.39. The van der Waals surface area contributed by atoms with Crippen molar-refractivity contribution in [3.8, 4) is 11.5 Å². The number of benzene rings is 2. The molecule has 6 heteroatoms. The van der Waals surface area contributed by atoms with Gasteiger partial charge in [-0.1, -0.05) is 24.3 Å². The lowest BCUT2D eigenvalue weighted by atomic mass is 9.97. The lowest BCUT2D eigenvalue weighted by molar-refractivity contribution is 0.0661. The molecular formula is C28H29N3O3. The maximum absolute atomic E-state index is 12.9. The first-order chi connectivity index (χ1) is 16.6. The molecule has 0 unspecified atom stereocenters. The number of rotatable bonds is 7. The van der Waals surface area contributed by atoms with E-state index in [0.717, 1.165) is 48.8 Å². The number of aryl methyl sites for hydroxylation is 1. The van der Waals surface area contributed by atoms with E-state index in [2.05, 4.69) is 11.9 Å². The minimum absolute atomic E-state index is 0.0738. The molecule has 2 aromatic carbocycles. The maximum Gasteiger partial charge on any atom is 0.253 e. The SMILES string of the molecule is Cc1ccc2nc(COc3ccc(C(=O)N4CCC(COc5ccccc5)CC4)cc3)cn2c1. The first kappa shape index (κ1) is 22.0. The van der Waals surface area contributed by atoms with Crippen molar-refractivity contribution in [2.45, 2.75) is 26.4 Å². The van der Waals surface area contributed by atoms with Gasteiger partial charge in [-0.3, -0.25) is 4.79 Å². The summed E-state index contributed by atoms with van der Waals surface area (Å²) in [7, 11) is 0. The van der Waals surface area contributed by atoms with Crippen LogP contribution in [0, 0.1) is 12.8 Å². The molecule has 0 N–H and O–H groups in total. The molecule has 1 fully saturated rings. The average molecular weight is 456 g/mol. The molecule has 0 aliphatic carbocycles. The van der Waals surface area contributed by atoms with Crippen molar-refractivity contribution in [3.63, 3.8) is 0 Å². The molecule has 0 spiro atoms. The van der Waals surface area contributed by atoms with Crippen LogP contribution in [-0.4, -0.2) is 39.9 Å². The molecule has 2 aromatic heterocycles. The highest BCUT2D eigenvalue weighted by Gasteiger charge is 2.24. The van der Waals surface area contributed by atoms with Gasteiger partial charge in [0.05, 0.1) is 12.3 Å². The van der Waals surface area contributed by atoms with Gasteiger partial charge >= 0.3 is 0 Å². The van der Waals surface area contributed by atoms with Crippen molar-refractivity contribution in [1.82, 2.24) is 14.3 Å². The van der Waals surface area contributed by atoms with Crippen LogP contribution in [0.1, 0.15) is 34.5 Å². The van der Waals surface area contributed by atoms with Crippen molar-refractivity contribution in [2.24, 2.45) is 5.92 Å². The van der Waals surface area contributed by atoms with Crippen LogP contribution in [0.4, 0.5) is 0 Å². The zero-order valence-electron chi connectivity index (χ0n) is 19.4. The molecule has 1 aliphatic rings. The number of nitrogens with zero attached hydrogens (tertiary/aromatic N) is 3. The predicted octanol–water partition coefficient (Wildman–Crippen LogP) is 5.15. The molecule has 1 aliphatic heterocycles. The Labute approximate surface area is 199 Å². The number of amides is 1. The summed E-state index contributed by atoms with van der Waals surface area (Å²) in [5.74, 6) is 2.18. The standard InChI is InChI=1S/C28H29N3O3/c1-21-7-12-27-29-24(18-31(27)17-21)20-34-26-10-8-23(9-11-26)28(32)30-15-13-22(14-16-30)19-33-25-5-3-2-4-6-25/h2-12,17-18,22H,13-16,19-20H2,1H3. The number of hydrogen-bond acceptors (Lipinski definition) is 4. The van der Waals surface area contributed by atoms with Crippen LogP contribution in [0.2, 0.25) is 0 Å². The molecule has 1 amide bonds. The van der Waals surface area contributed by atoms with Gasteiger partial charge in [0, 0.05) is 31.0 Å². The summed E-state index contributed by atoms with van der Waals surface area (Å²) < 4.78 is 13.8. The van der Waals surface area contributed by atoms with Crippen LogP contribution < -0.4 is 9.47 Å². The third kappa shape index (κ3) is 5.22. The first-order valence-corrected chi connectivity index (χ1v) is 11.8. The third-order valence-corrected chi connectivity index (χ3v) is 6.27. The van der Waals surface area contributed by atoms with Crippen molar-refractivity contribution in [3.05, 3.63) is 95.9 Å². The lowest BCUT2D eigenvalue weighted by Gasteiger charge is -2.32. The summed E-state index contributed by atoms with van der Waals surface area (Å²) in [6.07, 6.45) is 5.94. The van der Waals surface area contributed by atoms with Gasteiger partial charge in [0.25, 0.3) is 5.91 Å². The van der Waals surface area contributed by atoms with Crippen LogP contribution in [0.25, 0.3) is 5.65 Å². The van der Waals surface area contributed by atoms with Crippen LogP contribution in [-0.2, 0) is 6.61 Å². The Bertz CT molecular complexity index is 1240. The topological polar surface area (TPSA) is 56.1 Å². The minimum Gasteiger partial charge on any atom is -0.493 e. The van der Waals surface area contributed by atoms with Crippen LogP contribution in [0.5, 0.6) is 11.5 Å². The number of imidazole rings is 1. The first-order valence-electron chi connectivity index (χ1n) is 11.8. The zero-order chi connectivity index (χ0) is 23.3. The van der Waals surface area contributed by atoms with Crippen molar-refractivity contribution < 1.29 is 14.3 Å². The van der Waals surface area contributed by atoms with Crippen LogP contribution >= 0.6 is 0 Å². The quantitative estimate of drug-likeness (QED) is 0.387. The molecule has 0 atom stereocenters. The molecular weight excluding hydrogens is 426 g/mol. The summed E-state index contributed by atoms with van der Waals surface area (Å²) in [6, 6.07) is 21.3. The highest BCUT2D eigenvalue weighted by atomic mass is 16.5. The van der Waals surface area contributed by atoms with Gasteiger partial charge in [0.15, 0.2) is 0 Å². The van der Waals surface area contributed by atoms with E-state index < -0.39 is 0 Å². The fraction of sp³-hybridized carbons (Fsp3) is 0.286.